The van der Waals surface area contributed by atoms with Gasteiger partial charge in [0.2, 0.25) is 11.8 Å². The van der Waals surface area contributed by atoms with Gasteiger partial charge in [0.25, 0.3) is 0 Å². The smallest absolute Gasteiger partial charge is 0.219 e. The Kier molecular flexibility index (Phi) is 6.92. The van der Waals surface area contributed by atoms with E-state index < -0.39 is 0 Å². The van der Waals surface area contributed by atoms with Crippen molar-refractivity contribution < 1.29 is 11.0 Å². The number of nitriles is 1. The average molecular weight is 351 g/mol. The van der Waals surface area contributed by atoms with E-state index in [1.807, 2.05) is 43.3 Å². The normalized spacial score (nSPS) is 11.8. The highest BCUT2D eigenvalue weighted by Crippen LogP contribution is 2.25. The van der Waals surface area contributed by atoms with Crippen LogP contribution in [0.1, 0.15) is 45.3 Å². The van der Waals surface area contributed by atoms with E-state index in [1.54, 1.807) is 12.3 Å². The Labute approximate surface area is 155 Å². The molecule has 1 N–H and O–H groups in total. The third kappa shape index (κ3) is 5.75. The molecule has 1 amide bonds. The second kappa shape index (κ2) is 9.38. The molecule has 0 bridgehead atoms. The zero-order valence-corrected chi connectivity index (χ0v) is 15.3. The number of amides is 1. The molecule has 5 heteroatoms. The molecule has 2 aromatic rings. The largest absolute Gasteiger partial charge is 0.438 e. The number of nitrogens with one attached hydrogen (secondary N) is 1. The van der Waals surface area contributed by atoms with E-state index in [0.29, 0.717) is 17.2 Å². The van der Waals surface area contributed by atoms with Crippen LogP contribution >= 0.6 is 0 Å². The topological polar surface area (TPSA) is 75.0 Å². The Morgan fingerprint density at radius 1 is 1.42 bits per heavy atom. The van der Waals surface area contributed by atoms with Crippen LogP contribution in [0.25, 0.3) is 6.08 Å². The third-order valence-corrected chi connectivity index (χ3v) is 3.69. The predicted molar refractivity (Wildman–Crippen MR) is 104 cm³/mol. The van der Waals surface area contributed by atoms with Gasteiger partial charge in [-0.3, -0.25) is 4.79 Å². The Morgan fingerprint density at radius 2 is 2.23 bits per heavy atom. The molecule has 26 heavy (non-hydrogen) atoms. The molecule has 0 aliphatic rings. The molecule has 0 aliphatic carbocycles. The zero-order valence-electron chi connectivity index (χ0n) is 15.3. The standard InChI is InChI=1S/C21H23N3O2.H2/c1-4-5-17-8-10-20(19(12-17)13-22)26-21-11-9-18(14-23-21)7-6-15(2)24-16(3)25;/h6-12,14-15H,4-5H2,1-3H3,(H,24,25);1H/b7-6+;/t15-;/m0./s1. The molecule has 2 rings (SSSR count). The summed E-state index contributed by atoms with van der Waals surface area (Å²) in [5, 5.41) is 12.1. The molecule has 0 aliphatic heterocycles. The molecule has 136 valence electrons. The third-order valence-electron chi connectivity index (χ3n) is 3.69. The number of ether oxygens (including phenoxy) is 1. The number of aromatic nitrogens is 1. The highest BCUT2D eigenvalue weighted by molar-refractivity contribution is 5.73. The summed E-state index contributed by atoms with van der Waals surface area (Å²) in [4.78, 5) is 15.3. The molecule has 0 spiro atoms. The maximum Gasteiger partial charge on any atom is 0.219 e. The Bertz CT molecular complexity index is 826. The zero-order chi connectivity index (χ0) is 18.9. The minimum Gasteiger partial charge on any atom is -0.438 e. The lowest BCUT2D eigenvalue weighted by atomic mass is 10.1. The van der Waals surface area contributed by atoms with Gasteiger partial charge in [-0.25, -0.2) is 4.98 Å². The molecule has 0 fully saturated rings. The Hall–Kier alpha value is -3.13. The van der Waals surface area contributed by atoms with Crippen LogP contribution < -0.4 is 10.1 Å². The van der Waals surface area contributed by atoms with Gasteiger partial charge in [-0.2, -0.15) is 5.26 Å². The summed E-state index contributed by atoms with van der Waals surface area (Å²) < 4.78 is 5.75. The summed E-state index contributed by atoms with van der Waals surface area (Å²) in [6.45, 7) is 5.49. The van der Waals surface area contributed by atoms with Gasteiger partial charge in [0.1, 0.15) is 11.8 Å². The van der Waals surface area contributed by atoms with E-state index in [2.05, 4.69) is 23.3 Å². The highest BCUT2D eigenvalue weighted by Gasteiger charge is 2.07. The van der Waals surface area contributed by atoms with Crippen LogP contribution in [-0.2, 0) is 11.2 Å². The van der Waals surface area contributed by atoms with Gasteiger partial charge in [-0.1, -0.05) is 31.6 Å². The fourth-order valence-corrected chi connectivity index (χ4v) is 2.49. The summed E-state index contributed by atoms with van der Waals surface area (Å²) in [7, 11) is 0. The van der Waals surface area contributed by atoms with Gasteiger partial charge >= 0.3 is 0 Å². The van der Waals surface area contributed by atoms with Crippen LogP contribution in [0.3, 0.4) is 0 Å². The molecule has 0 radical (unpaired) electrons. The number of nitrogens with zero attached hydrogens (tertiary/aromatic N) is 2. The van der Waals surface area contributed by atoms with Crippen molar-refractivity contribution in [3.8, 4) is 17.7 Å². The maximum atomic E-state index is 11.0. The number of hydrogen-bond donors (Lipinski definition) is 1. The number of rotatable bonds is 7. The van der Waals surface area contributed by atoms with Gasteiger partial charge in [-0.05, 0) is 42.7 Å². The van der Waals surface area contributed by atoms with Crippen molar-refractivity contribution in [2.75, 3.05) is 0 Å². The van der Waals surface area contributed by atoms with Gasteiger partial charge < -0.3 is 10.1 Å². The quantitative estimate of drug-likeness (QED) is 0.798. The van der Waals surface area contributed by atoms with E-state index in [1.165, 1.54) is 6.92 Å². The summed E-state index contributed by atoms with van der Waals surface area (Å²) in [5.74, 6) is 0.863. The molecule has 0 saturated carbocycles. The molecule has 5 nitrogen and oxygen atoms in total. The maximum absolute atomic E-state index is 11.0. The van der Waals surface area contributed by atoms with Crippen molar-refractivity contribution in [3.63, 3.8) is 0 Å². The van der Waals surface area contributed by atoms with Crippen molar-refractivity contribution in [1.82, 2.24) is 10.3 Å². The number of hydrogen-bond acceptors (Lipinski definition) is 4. The van der Waals surface area contributed by atoms with Crippen LogP contribution in [0.5, 0.6) is 11.6 Å². The first-order valence-electron chi connectivity index (χ1n) is 8.64. The number of carbonyl (C=O) groups excluding carboxylic acids is 1. The first-order valence-corrected chi connectivity index (χ1v) is 8.64. The van der Waals surface area contributed by atoms with Gasteiger partial charge in [0, 0.05) is 26.7 Å². The summed E-state index contributed by atoms with van der Waals surface area (Å²) in [6.07, 6.45) is 7.42. The fourth-order valence-electron chi connectivity index (χ4n) is 2.49. The van der Waals surface area contributed by atoms with E-state index >= 15 is 0 Å². The van der Waals surface area contributed by atoms with Crippen molar-refractivity contribution >= 4 is 12.0 Å². The van der Waals surface area contributed by atoms with Gasteiger partial charge in [-0.15, -0.1) is 0 Å². The number of pyridine rings is 1. The first kappa shape index (κ1) is 19.2. The minimum atomic E-state index is -0.0673. The second-order valence-corrected chi connectivity index (χ2v) is 6.07. The van der Waals surface area contributed by atoms with Crippen molar-refractivity contribution in [2.24, 2.45) is 0 Å². The van der Waals surface area contributed by atoms with E-state index in [4.69, 9.17) is 4.74 Å². The van der Waals surface area contributed by atoms with Gasteiger partial charge in [0.05, 0.1) is 5.56 Å². The Morgan fingerprint density at radius 3 is 2.85 bits per heavy atom. The van der Waals surface area contributed by atoms with Crippen molar-refractivity contribution in [2.45, 2.75) is 39.7 Å². The molecule has 0 saturated heterocycles. The summed E-state index contributed by atoms with van der Waals surface area (Å²) >= 11 is 0. The molecule has 0 unspecified atom stereocenters. The highest BCUT2D eigenvalue weighted by atomic mass is 16.5. The molecule has 1 aromatic carbocycles. The lowest BCUT2D eigenvalue weighted by Gasteiger charge is -2.09. The van der Waals surface area contributed by atoms with Gasteiger partial charge in [0.15, 0.2) is 0 Å². The van der Waals surface area contributed by atoms with E-state index in [0.717, 1.165) is 24.0 Å². The molecule has 1 aromatic heterocycles. The van der Waals surface area contributed by atoms with E-state index in [-0.39, 0.29) is 13.4 Å². The number of benzene rings is 1. The number of carbonyl (C=O) groups is 1. The van der Waals surface area contributed by atoms with Crippen LogP contribution in [0.2, 0.25) is 0 Å². The van der Waals surface area contributed by atoms with Crippen molar-refractivity contribution in [1.29, 1.82) is 5.26 Å². The molecule has 1 atom stereocenters. The summed E-state index contributed by atoms with van der Waals surface area (Å²) in [6, 6.07) is 11.4. The minimum absolute atomic E-state index is 0. The van der Waals surface area contributed by atoms with Crippen LogP contribution in [0.15, 0.2) is 42.6 Å². The summed E-state index contributed by atoms with van der Waals surface area (Å²) in [5.41, 5.74) is 2.53. The monoisotopic (exact) mass is 351 g/mol. The van der Waals surface area contributed by atoms with Crippen LogP contribution in [0.4, 0.5) is 0 Å². The first-order chi connectivity index (χ1) is 12.5. The number of aryl methyl sites for hydroxylation is 1. The van der Waals surface area contributed by atoms with Crippen molar-refractivity contribution in [3.05, 3.63) is 59.3 Å². The molecule has 1 heterocycles. The molecular formula is C21H25N3O2. The second-order valence-electron chi connectivity index (χ2n) is 6.07. The fraction of sp³-hybridized carbons (Fsp3) is 0.286. The van der Waals surface area contributed by atoms with E-state index in [9.17, 15) is 10.1 Å². The van der Waals surface area contributed by atoms with Crippen LogP contribution in [-0.4, -0.2) is 16.9 Å². The Balaban J connectivity index is 0.00000364. The lowest BCUT2D eigenvalue weighted by Crippen LogP contribution is -2.28. The average Bonchev–Trinajstić information content (AvgIpc) is 2.62. The predicted octanol–water partition coefficient (Wildman–Crippen LogP) is 4.48. The SMILES string of the molecule is CCCc1ccc(Oc2ccc(/C=C/[C@H](C)NC(C)=O)cn2)c(C#N)c1.[HH]. The molecular weight excluding hydrogens is 326 g/mol. The lowest BCUT2D eigenvalue weighted by molar-refractivity contribution is -0.119. The van der Waals surface area contributed by atoms with Crippen LogP contribution in [0, 0.1) is 11.3 Å².